The molecule has 0 heteroatoms. The van der Waals surface area contributed by atoms with E-state index in [-0.39, 0.29) is 0 Å². The maximum atomic E-state index is 2.33. The van der Waals surface area contributed by atoms with Crippen LogP contribution in [0, 0.1) is 27.7 Å². The summed E-state index contributed by atoms with van der Waals surface area (Å²) in [7, 11) is 0. The normalized spacial score (nSPS) is 11.3. The Labute approximate surface area is 643 Å². The Balaban J connectivity index is 0.000000104. The van der Waals surface area contributed by atoms with Crippen molar-refractivity contribution in [3.63, 3.8) is 0 Å². The monoisotopic (exact) mass is 1400 g/mol. The fourth-order valence-corrected chi connectivity index (χ4v) is 17.2. The highest BCUT2D eigenvalue weighted by Gasteiger charge is 2.21. The average Bonchev–Trinajstić information content (AvgIpc) is 0.740. The van der Waals surface area contributed by atoms with Crippen LogP contribution in [0.25, 0.3) is 186 Å². The van der Waals surface area contributed by atoms with Crippen LogP contribution in [0.1, 0.15) is 22.3 Å². The second-order valence-corrected chi connectivity index (χ2v) is 29.1. The van der Waals surface area contributed by atoms with E-state index in [1.165, 1.54) is 208 Å². The van der Waals surface area contributed by atoms with Gasteiger partial charge in [-0.15, -0.1) is 0 Å². The van der Waals surface area contributed by atoms with Gasteiger partial charge in [0.25, 0.3) is 0 Å². The Kier molecular flexibility index (Phi) is 18.5. The molecule has 21 aromatic carbocycles. The molecule has 0 aliphatic heterocycles. The first-order chi connectivity index (χ1) is 54.3. The minimum atomic E-state index is 1.26. The minimum absolute atomic E-state index is 1.26. The standard InChI is InChI=1S/2C31H22.C27H20.C21H16/c1-21-10-8-13-23(20-21)30-26-15-4-6-17-28(26)31(29-18-7-5-16-27(29)30)25-19-9-12-22-11-2-3-14-24(22)25;1-21-9-8-12-24(19-21)30-26-13-4-6-15-28(26)31(29-16-7-5-14-27(29)30)25-18-17-22-10-2-3-11-23(22)20-25;1-19-10-9-13-21(18-19)27-24-16-7-5-14-22(24)26(20-11-3-2-4-12-20)23-15-6-8-17-25(23)27;1-15-8-2-5-11-18(15)21-19-12-6-3-9-16(19)14-17-10-4-7-13-20(17)21/h2*2-20H,1H3;2-18H,1H3;2-14H,1H3. The summed E-state index contributed by atoms with van der Waals surface area (Å²) < 4.78 is 0. The molecule has 0 bridgehead atoms. The van der Waals surface area contributed by atoms with Crippen molar-refractivity contribution in [3.8, 4) is 77.9 Å². The zero-order chi connectivity index (χ0) is 74.0. The van der Waals surface area contributed by atoms with Crippen molar-refractivity contribution in [2.45, 2.75) is 27.7 Å². The SMILES string of the molecule is Cc1cccc(-c2c3ccccc3c(-c3ccc4ccccc4c3)c3ccccc23)c1.Cc1cccc(-c2c3ccccc3c(-c3cccc4ccccc34)c3ccccc23)c1.Cc1cccc(-c2c3ccccc3c(-c3ccccc3)c3ccccc23)c1.Cc1ccccc1-c1c2ccccc2cc2ccccc12. The van der Waals surface area contributed by atoms with E-state index in [1.54, 1.807) is 0 Å². The highest BCUT2D eigenvalue weighted by molar-refractivity contribution is 6.26. The number of benzene rings is 21. The first-order valence-electron chi connectivity index (χ1n) is 38.3. The predicted octanol–water partition coefficient (Wildman–Crippen LogP) is 31.2. The van der Waals surface area contributed by atoms with Gasteiger partial charge in [0.15, 0.2) is 0 Å². The van der Waals surface area contributed by atoms with Crippen LogP contribution in [0.4, 0.5) is 0 Å². The average molecular weight is 1400 g/mol. The van der Waals surface area contributed by atoms with E-state index in [1.807, 2.05) is 0 Å². The number of hydrogen-bond donors (Lipinski definition) is 0. The molecule has 0 N–H and O–H groups in total. The number of rotatable bonds is 7. The molecule has 0 heterocycles. The minimum Gasteiger partial charge on any atom is -0.0622 e. The number of aryl methyl sites for hydroxylation is 4. The highest BCUT2D eigenvalue weighted by atomic mass is 14.2. The molecule has 0 unspecified atom stereocenters. The highest BCUT2D eigenvalue weighted by Crippen LogP contribution is 2.49. The largest absolute Gasteiger partial charge is 0.0622 e. The molecular formula is C110H80. The summed E-state index contributed by atoms with van der Waals surface area (Å²) in [5.74, 6) is 0. The fraction of sp³-hybridized carbons (Fsp3) is 0.0364. The lowest BCUT2D eigenvalue weighted by Crippen LogP contribution is -1.91. The van der Waals surface area contributed by atoms with E-state index < -0.39 is 0 Å². The van der Waals surface area contributed by atoms with Crippen LogP contribution in [-0.2, 0) is 0 Å². The Bertz CT molecular complexity index is 6840. The summed E-state index contributed by atoms with van der Waals surface area (Å²) in [5, 5.41) is 26.0. The van der Waals surface area contributed by atoms with Crippen LogP contribution >= 0.6 is 0 Å². The molecule has 0 aliphatic rings. The molecule has 0 nitrogen and oxygen atoms in total. The second kappa shape index (κ2) is 29.9. The van der Waals surface area contributed by atoms with Gasteiger partial charge in [0.2, 0.25) is 0 Å². The van der Waals surface area contributed by atoms with E-state index in [0.717, 1.165) is 0 Å². The molecule has 0 fully saturated rings. The summed E-state index contributed by atoms with van der Waals surface area (Å²) >= 11 is 0. The van der Waals surface area contributed by atoms with Crippen molar-refractivity contribution in [2.24, 2.45) is 0 Å². The van der Waals surface area contributed by atoms with Crippen molar-refractivity contribution in [2.75, 3.05) is 0 Å². The lowest BCUT2D eigenvalue weighted by molar-refractivity contribution is 1.47. The molecule has 0 atom stereocenters. The summed E-state index contributed by atoms with van der Waals surface area (Å²) in [6, 6.07) is 149. The van der Waals surface area contributed by atoms with Crippen molar-refractivity contribution < 1.29 is 0 Å². The Morgan fingerprint density at radius 2 is 0.391 bits per heavy atom. The van der Waals surface area contributed by atoms with E-state index in [0.29, 0.717) is 0 Å². The van der Waals surface area contributed by atoms with E-state index in [4.69, 9.17) is 0 Å². The van der Waals surface area contributed by atoms with Gasteiger partial charge in [0.05, 0.1) is 0 Å². The van der Waals surface area contributed by atoms with Gasteiger partial charge in [-0.2, -0.15) is 0 Å². The van der Waals surface area contributed by atoms with Crippen LogP contribution in [0.3, 0.4) is 0 Å². The molecule has 0 aromatic heterocycles. The van der Waals surface area contributed by atoms with Crippen LogP contribution in [0.5, 0.6) is 0 Å². The molecule has 21 rings (SSSR count). The lowest BCUT2D eigenvalue weighted by Gasteiger charge is -2.19. The van der Waals surface area contributed by atoms with Gasteiger partial charge in [0, 0.05) is 0 Å². The van der Waals surface area contributed by atoms with Crippen LogP contribution in [0.2, 0.25) is 0 Å². The van der Waals surface area contributed by atoms with Gasteiger partial charge in [-0.25, -0.2) is 0 Å². The third-order valence-electron chi connectivity index (χ3n) is 22.1. The molecule has 0 aliphatic carbocycles. The van der Waals surface area contributed by atoms with Crippen molar-refractivity contribution in [1.82, 2.24) is 0 Å². The van der Waals surface area contributed by atoms with Gasteiger partial charge < -0.3 is 0 Å². The third kappa shape index (κ3) is 12.9. The predicted molar refractivity (Wildman–Crippen MR) is 478 cm³/mol. The lowest BCUT2D eigenvalue weighted by atomic mass is 9.84. The summed E-state index contributed by atoms with van der Waals surface area (Å²) in [6.07, 6.45) is 0. The van der Waals surface area contributed by atoms with Crippen LogP contribution in [-0.4, -0.2) is 0 Å². The summed E-state index contributed by atoms with van der Waals surface area (Å²) in [4.78, 5) is 0. The van der Waals surface area contributed by atoms with Gasteiger partial charge in [-0.05, 0) is 231 Å². The van der Waals surface area contributed by atoms with Crippen LogP contribution < -0.4 is 0 Å². The smallest absolute Gasteiger partial charge is 0.00201 e. The first kappa shape index (κ1) is 68.1. The van der Waals surface area contributed by atoms with E-state index in [9.17, 15) is 0 Å². The zero-order valence-corrected chi connectivity index (χ0v) is 62.3. The molecule has 0 amide bonds. The number of fused-ring (bicyclic) bond motifs is 10. The Morgan fingerprint density at radius 3 is 0.791 bits per heavy atom. The van der Waals surface area contributed by atoms with Gasteiger partial charge >= 0.3 is 0 Å². The van der Waals surface area contributed by atoms with Crippen molar-refractivity contribution in [1.29, 1.82) is 0 Å². The van der Waals surface area contributed by atoms with Crippen LogP contribution in [0.15, 0.2) is 413 Å². The third-order valence-corrected chi connectivity index (χ3v) is 22.1. The molecule has 520 valence electrons. The van der Waals surface area contributed by atoms with E-state index >= 15 is 0 Å². The van der Waals surface area contributed by atoms with E-state index in [2.05, 4.69) is 440 Å². The molecule has 0 radical (unpaired) electrons. The Morgan fingerprint density at radius 1 is 0.127 bits per heavy atom. The fourth-order valence-electron chi connectivity index (χ4n) is 17.2. The van der Waals surface area contributed by atoms with Gasteiger partial charge in [-0.3, -0.25) is 0 Å². The maximum absolute atomic E-state index is 2.33. The molecular weight excluding hydrogens is 1320 g/mol. The second-order valence-electron chi connectivity index (χ2n) is 29.1. The molecule has 0 spiro atoms. The molecule has 110 heavy (non-hydrogen) atoms. The Hall–Kier alpha value is -13.8. The maximum Gasteiger partial charge on any atom is -0.00201 e. The van der Waals surface area contributed by atoms with Gasteiger partial charge in [-0.1, -0.05) is 417 Å². The zero-order valence-electron chi connectivity index (χ0n) is 62.3. The summed E-state index contributed by atoms with van der Waals surface area (Å²) in [6.45, 7) is 8.67. The van der Waals surface area contributed by atoms with Gasteiger partial charge in [0.1, 0.15) is 0 Å². The molecule has 21 aromatic rings. The molecule has 0 saturated carbocycles. The number of hydrogen-bond acceptors (Lipinski definition) is 0. The molecule has 0 saturated heterocycles. The first-order valence-corrected chi connectivity index (χ1v) is 38.3. The van der Waals surface area contributed by atoms with Crippen molar-refractivity contribution in [3.05, 3.63) is 435 Å². The quantitative estimate of drug-likeness (QED) is 0.140. The topological polar surface area (TPSA) is 0 Å². The summed E-state index contributed by atoms with van der Waals surface area (Å²) in [5.41, 5.74) is 23.4. The van der Waals surface area contributed by atoms with Crippen molar-refractivity contribution >= 4 is 108 Å².